The van der Waals surface area contributed by atoms with E-state index in [1.165, 1.54) is 0 Å². The summed E-state index contributed by atoms with van der Waals surface area (Å²) in [6.45, 7) is 6.33. The summed E-state index contributed by atoms with van der Waals surface area (Å²) in [5.41, 5.74) is 0.941. The Hall–Kier alpha value is -1.66. The number of pyridine rings is 1. The summed E-state index contributed by atoms with van der Waals surface area (Å²) in [5.74, 6) is 0.415. The lowest BCUT2D eigenvalue weighted by Crippen LogP contribution is -2.37. The van der Waals surface area contributed by atoms with Gasteiger partial charge in [-0.3, -0.25) is 9.78 Å². The van der Waals surface area contributed by atoms with Gasteiger partial charge in [-0.2, -0.15) is 0 Å². The lowest BCUT2D eigenvalue weighted by molar-refractivity contribution is -0.127. The van der Waals surface area contributed by atoms with E-state index in [2.05, 4.69) is 15.6 Å². The van der Waals surface area contributed by atoms with Crippen LogP contribution in [0.5, 0.6) is 5.75 Å². The number of rotatable bonds is 9. The van der Waals surface area contributed by atoms with Crippen LogP contribution in [0.2, 0.25) is 0 Å². The first-order valence-electron chi connectivity index (χ1n) is 6.76. The van der Waals surface area contributed by atoms with Gasteiger partial charge in [0.05, 0.1) is 18.5 Å². The van der Waals surface area contributed by atoms with Crippen LogP contribution in [0.15, 0.2) is 18.3 Å². The molecule has 0 radical (unpaired) electrons. The maximum Gasteiger partial charge on any atom is 0.260 e. The predicted molar refractivity (Wildman–Crippen MR) is 76.6 cm³/mol. The molecule has 1 heterocycles. The van der Waals surface area contributed by atoms with Gasteiger partial charge in [0.2, 0.25) is 0 Å². The van der Waals surface area contributed by atoms with E-state index in [0.717, 1.165) is 18.8 Å². The van der Waals surface area contributed by atoms with Gasteiger partial charge in [0.15, 0.2) is 6.10 Å². The first-order valence-corrected chi connectivity index (χ1v) is 6.76. The van der Waals surface area contributed by atoms with Gasteiger partial charge in [0, 0.05) is 20.2 Å². The molecule has 1 unspecified atom stereocenters. The van der Waals surface area contributed by atoms with Crippen LogP contribution in [0.3, 0.4) is 0 Å². The Labute approximate surface area is 119 Å². The van der Waals surface area contributed by atoms with Crippen LogP contribution in [0.1, 0.15) is 19.5 Å². The van der Waals surface area contributed by atoms with Crippen LogP contribution in [0, 0.1) is 0 Å². The van der Waals surface area contributed by atoms with Gasteiger partial charge in [0.1, 0.15) is 5.75 Å². The number of aromatic nitrogens is 1. The number of ether oxygens (including phenoxy) is 2. The number of hydrogen-bond acceptors (Lipinski definition) is 5. The van der Waals surface area contributed by atoms with Crippen LogP contribution in [-0.4, -0.2) is 43.8 Å². The lowest BCUT2D eigenvalue weighted by Gasteiger charge is -2.14. The molecule has 1 atom stereocenters. The predicted octanol–water partition coefficient (Wildman–Crippen LogP) is 0.721. The van der Waals surface area contributed by atoms with Gasteiger partial charge < -0.3 is 20.1 Å². The summed E-state index contributed by atoms with van der Waals surface area (Å²) in [7, 11) is 1.59. The molecule has 1 aromatic heterocycles. The monoisotopic (exact) mass is 281 g/mol. The number of carbonyl (C=O) groups is 1. The molecule has 6 heteroatoms. The molecule has 6 nitrogen and oxygen atoms in total. The van der Waals surface area contributed by atoms with Crippen molar-refractivity contribution in [1.82, 2.24) is 15.6 Å². The molecule has 1 aromatic rings. The number of nitrogens with one attached hydrogen (secondary N) is 2. The maximum atomic E-state index is 11.7. The summed E-state index contributed by atoms with van der Waals surface area (Å²) in [6.07, 6.45) is 1.07. The van der Waals surface area contributed by atoms with E-state index in [9.17, 15) is 4.79 Å². The average Bonchev–Trinajstić information content (AvgIpc) is 2.46. The van der Waals surface area contributed by atoms with E-state index < -0.39 is 6.10 Å². The van der Waals surface area contributed by atoms with Crippen LogP contribution < -0.4 is 15.4 Å². The van der Waals surface area contributed by atoms with Crippen LogP contribution in [0.25, 0.3) is 0 Å². The van der Waals surface area contributed by atoms with Gasteiger partial charge >= 0.3 is 0 Å². The third kappa shape index (κ3) is 5.99. The van der Waals surface area contributed by atoms with E-state index in [1.54, 1.807) is 20.2 Å². The Morgan fingerprint density at radius 1 is 1.45 bits per heavy atom. The highest BCUT2D eigenvalue weighted by Gasteiger charge is 2.13. The van der Waals surface area contributed by atoms with Gasteiger partial charge in [-0.25, -0.2) is 0 Å². The highest BCUT2D eigenvalue weighted by Crippen LogP contribution is 2.11. The van der Waals surface area contributed by atoms with Crippen LogP contribution in [0.4, 0.5) is 0 Å². The Balaban J connectivity index is 2.40. The third-order valence-electron chi connectivity index (χ3n) is 2.64. The zero-order valence-corrected chi connectivity index (χ0v) is 12.3. The van der Waals surface area contributed by atoms with Crippen LogP contribution in [-0.2, 0) is 16.1 Å². The van der Waals surface area contributed by atoms with Gasteiger partial charge in [0.25, 0.3) is 5.91 Å². The molecule has 1 rings (SSSR count). The van der Waals surface area contributed by atoms with E-state index in [0.29, 0.717) is 18.9 Å². The van der Waals surface area contributed by atoms with E-state index in [-0.39, 0.29) is 5.91 Å². The molecular formula is C14H23N3O3. The first-order chi connectivity index (χ1) is 9.67. The fourth-order valence-electron chi connectivity index (χ4n) is 1.52. The van der Waals surface area contributed by atoms with E-state index in [4.69, 9.17) is 9.47 Å². The normalized spacial score (nSPS) is 11.9. The number of methoxy groups -OCH3 is 1. The van der Waals surface area contributed by atoms with E-state index >= 15 is 0 Å². The van der Waals surface area contributed by atoms with Crippen molar-refractivity contribution in [2.45, 2.75) is 26.5 Å². The summed E-state index contributed by atoms with van der Waals surface area (Å²) in [4.78, 5) is 16.0. The molecule has 0 aliphatic heterocycles. The van der Waals surface area contributed by atoms with Crippen molar-refractivity contribution in [2.24, 2.45) is 0 Å². The number of amides is 1. The van der Waals surface area contributed by atoms with Crippen molar-refractivity contribution in [1.29, 1.82) is 0 Å². The number of nitrogens with zero attached hydrogens (tertiary/aromatic N) is 1. The van der Waals surface area contributed by atoms with Crippen molar-refractivity contribution in [3.05, 3.63) is 24.0 Å². The minimum absolute atomic E-state index is 0.168. The molecule has 0 bridgehead atoms. The number of hydrogen-bond donors (Lipinski definition) is 2. The lowest BCUT2D eigenvalue weighted by atomic mass is 10.3. The summed E-state index contributed by atoms with van der Waals surface area (Å²) in [5, 5.41) is 5.92. The highest BCUT2D eigenvalue weighted by molar-refractivity contribution is 5.80. The third-order valence-corrected chi connectivity index (χ3v) is 2.64. The minimum Gasteiger partial charge on any atom is -0.479 e. The smallest absolute Gasteiger partial charge is 0.260 e. The fraction of sp³-hybridized carbons (Fsp3) is 0.571. The largest absolute Gasteiger partial charge is 0.479 e. The number of carbonyl (C=O) groups excluding carboxylic acids is 1. The molecule has 0 saturated carbocycles. The molecule has 0 aromatic carbocycles. The SMILES string of the molecule is CCNCc1ccc(OC(C)C(=O)NCCOC)cn1. The molecule has 1 amide bonds. The van der Waals surface area contributed by atoms with Gasteiger partial charge in [-0.05, 0) is 25.6 Å². The Bertz CT molecular complexity index is 395. The zero-order valence-electron chi connectivity index (χ0n) is 12.3. The molecule has 0 aliphatic carbocycles. The van der Waals surface area contributed by atoms with Gasteiger partial charge in [-0.1, -0.05) is 6.92 Å². The summed E-state index contributed by atoms with van der Waals surface area (Å²) >= 11 is 0. The topological polar surface area (TPSA) is 72.5 Å². The van der Waals surface area contributed by atoms with Crippen molar-refractivity contribution in [2.75, 3.05) is 26.8 Å². The molecule has 0 spiro atoms. The van der Waals surface area contributed by atoms with Crippen molar-refractivity contribution < 1.29 is 14.3 Å². The molecule has 0 aliphatic rings. The maximum absolute atomic E-state index is 11.7. The summed E-state index contributed by atoms with van der Waals surface area (Å²) < 4.78 is 10.4. The van der Waals surface area contributed by atoms with Crippen molar-refractivity contribution in [3.8, 4) is 5.75 Å². The van der Waals surface area contributed by atoms with Crippen LogP contribution >= 0.6 is 0 Å². The quantitative estimate of drug-likeness (QED) is 0.653. The summed E-state index contributed by atoms with van der Waals surface area (Å²) in [6, 6.07) is 3.70. The Morgan fingerprint density at radius 3 is 2.85 bits per heavy atom. The minimum atomic E-state index is -0.562. The molecule has 2 N–H and O–H groups in total. The second kappa shape index (κ2) is 9.28. The Morgan fingerprint density at radius 2 is 2.25 bits per heavy atom. The van der Waals surface area contributed by atoms with E-state index in [1.807, 2.05) is 19.1 Å². The molecule has 0 saturated heterocycles. The first kappa shape index (κ1) is 16.4. The highest BCUT2D eigenvalue weighted by atomic mass is 16.5. The standard InChI is InChI=1S/C14H23N3O3/c1-4-15-9-12-5-6-13(10-17-12)20-11(2)14(18)16-7-8-19-3/h5-6,10-11,15H,4,7-9H2,1-3H3,(H,16,18). The zero-order chi connectivity index (χ0) is 14.8. The molecular weight excluding hydrogens is 258 g/mol. The second-order valence-corrected chi connectivity index (χ2v) is 4.31. The van der Waals surface area contributed by atoms with Crippen molar-refractivity contribution >= 4 is 5.91 Å². The average molecular weight is 281 g/mol. The Kier molecular flexibility index (Phi) is 7.60. The fourth-order valence-corrected chi connectivity index (χ4v) is 1.52. The molecule has 112 valence electrons. The molecule has 20 heavy (non-hydrogen) atoms. The van der Waals surface area contributed by atoms with Crippen molar-refractivity contribution in [3.63, 3.8) is 0 Å². The molecule has 0 fully saturated rings. The second-order valence-electron chi connectivity index (χ2n) is 4.31. The van der Waals surface area contributed by atoms with Gasteiger partial charge in [-0.15, -0.1) is 0 Å².